The van der Waals surface area contributed by atoms with E-state index in [1.165, 1.54) is 38.5 Å². The fourth-order valence-corrected chi connectivity index (χ4v) is 9.32. The summed E-state index contributed by atoms with van der Waals surface area (Å²) in [7, 11) is 1.81. The molecule has 0 radical (unpaired) electrons. The Morgan fingerprint density at radius 1 is 0.927 bits per heavy atom. The van der Waals surface area contributed by atoms with Crippen LogP contribution in [0.3, 0.4) is 0 Å². The maximum atomic E-state index is 14.7. The normalized spacial score (nSPS) is 39.1. The van der Waals surface area contributed by atoms with Gasteiger partial charge in [0, 0.05) is 68.4 Å². The second-order valence-electron chi connectivity index (χ2n) is 13.0. The number of hydrogen-bond donors (Lipinski definition) is 1. The smallest absolute Gasteiger partial charge is 0.325 e. The van der Waals surface area contributed by atoms with Crippen molar-refractivity contribution in [1.82, 2.24) is 14.7 Å². The molecule has 4 fully saturated rings. The van der Waals surface area contributed by atoms with Gasteiger partial charge in [0.15, 0.2) is 0 Å². The summed E-state index contributed by atoms with van der Waals surface area (Å²) in [6.45, 7) is 6.59. The third-order valence-electron chi connectivity index (χ3n) is 10.6. The van der Waals surface area contributed by atoms with E-state index >= 15 is 0 Å². The standard InChI is InChI=1S/C31H52Br2N4O4/c1-3-41-27-20-25(40-2)12-13-26(27)30-34-28(21-4-8-23(32)9-5-21)29(22-6-10-24(33)11-7-22)37(30)31(39)36-16-14-35(15-17-36)18-19-38/h21-29,38H,3-20H2,1-2H3. The number of aliphatic hydroxyl groups excluding tert-OH is 1. The zero-order valence-electron chi connectivity index (χ0n) is 25.1. The van der Waals surface area contributed by atoms with Crippen molar-refractivity contribution in [2.75, 3.05) is 53.0 Å². The molecule has 41 heavy (non-hydrogen) atoms. The first kappa shape index (κ1) is 32.1. The average Bonchev–Trinajstić information content (AvgIpc) is 3.38. The molecule has 2 aliphatic heterocycles. The summed E-state index contributed by atoms with van der Waals surface area (Å²) < 4.78 is 12.2. The van der Waals surface area contributed by atoms with Crippen molar-refractivity contribution in [3.8, 4) is 0 Å². The lowest BCUT2D eigenvalue weighted by Gasteiger charge is -2.45. The summed E-state index contributed by atoms with van der Waals surface area (Å²) in [6.07, 6.45) is 12.3. The highest BCUT2D eigenvalue weighted by atomic mass is 79.9. The summed E-state index contributed by atoms with van der Waals surface area (Å²) in [6, 6.07) is 0.454. The topological polar surface area (TPSA) is 77.8 Å². The summed E-state index contributed by atoms with van der Waals surface area (Å²) in [5, 5.41) is 9.44. The van der Waals surface area contributed by atoms with Gasteiger partial charge in [-0.15, -0.1) is 0 Å². The van der Waals surface area contributed by atoms with E-state index in [0.29, 0.717) is 47.7 Å². The first-order valence-electron chi connectivity index (χ1n) is 16.3. The van der Waals surface area contributed by atoms with Crippen LogP contribution in [0, 0.1) is 17.8 Å². The van der Waals surface area contributed by atoms with E-state index in [4.69, 9.17) is 14.5 Å². The molecule has 5 aliphatic rings. The lowest BCUT2D eigenvalue weighted by atomic mass is 9.74. The van der Waals surface area contributed by atoms with Gasteiger partial charge in [0.25, 0.3) is 0 Å². The van der Waals surface area contributed by atoms with Gasteiger partial charge in [-0.25, -0.2) is 4.79 Å². The average molecular weight is 705 g/mol. The molecule has 0 aromatic rings. The number of amidine groups is 1. The predicted molar refractivity (Wildman–Crippen MR) is 170 cm³/mol. The number of ether oxygens (including phenoxy) is 2. The molecule has 3 saturated carbocycles. The molecule has 8 nitrogen and oxygen atoms in total. The highest BCUT2D eigenvalue weighted by Gasteiger charge is 2.52. The number of rotatable bonds is 8. The molecule has 3 aliphatic carbocycles. The van der Waals surface area contributed by atoms with Crippen LogP contribution in [-0.2, 0) is 9.47 Å². The van der Waals surface area contributed by atoms with Crippen LogP contribution in [0.2, 0.25) is 0 Å². The Kier molecular flexibility index (Phi) is 11.9. The first-order valence-corrected chi connectivity index (χ1v) is 18.2. The molecule has 5 unspecified atom stereocenters. The van der Waals surface area contributed by atoms with Gasteiger partial charge < -0.3 is 19.5 Å². The van der Waals surface area contributed by atoms with Crippen molar-refractivity contribution in [3.05, 3.63) is 0 Å². The first-order chi connectivity index (χ1) is 19.9. The summed E-state index contributed by atoms with van der Waals surface area (Å²) >= 11 is 7.76. The molecule has 0 bridgehead atoms. The molecule has 0 spiro atoms. The molecule has 5 rings (SSSR count). The van der Waals surface area contributed by atoms with E-state index in [2.05, 4.69) is 53.5 Å². The Morgan fingerprint density at radius 2 is 1.56 bits per heavy atom. The number of urea groups is 1. The van der Waals surface area contributed by atoms with Crippen LogP contribution in [0.1, 0.15) is 77.6 Å². The largest absolute Gasteiger partial charge is 0.395 e. The van der Waals surface area contributed by atoms with Crippen LogP contribution in [-0.4, -0.2) is 119 Å². The predicted octanol–water partition coefficient (Wildman–Crippen LogP) is 5.30. The van der Waals surface area contributed by atoms with Crippen molar-refractivity contribution >= 4 is 43.7 Å². The quantitative estimate of drug-likeness (QED) is 0.348. The van der Waals surface area contributed by atoms with Gasteiger partial charge in [-0.1, -0.05) is 31.9 Å². The van der Waals surface area contributed by atoms with Crippen molar-refractivity contribution in [2.24, 2.45) is 22.7 Å². The number of carbonyl (C=O) groups is 1. The van der Waals surface area contributed by atoms with Crippen LogP contribution < -0.4 is 0 Å². The second kappa shape index (κ2) is 15.2. The Bertz CT molecular complexity index is 872. The van der Waals surface area contributed by atoms with Crippen LogP contribution in [0.5, 0.6) is 0 Å². The molecule has 2 amide bonds. The van der Waals surface area contributed by atoms with Gasteiger partial charge in [0.05, 0.1) is 30.9 Å². The number of nitrogens with zero attached hydrogens (tertiary/aromatic N) is 4. The fraction of sp³-hybridized carbons (Fsp3) is 0.935. The molecule has 1 saturated heterocycles. The minimum Gasteiger partial charge on any atom is -0.395 e. The van der Waals surface area contributed by atoms with E-state index in [9.17, 15) is 9.90 Å². The number of alkyl halides is 2. The number of hydrogen-bond acceptors (Lipinski definition) is 6. The molecule has 2 heterocycles. The van der Waals surface area contributed by atoms with E-state index in [0.717, 1.165) is 51.0 Å². The highest BCUT2D eigenvalue weighted by Crippen LogP contribution is 2.45. The zero-order chi connectivity index (χ0) is 28.9. The van der Waals surface area contributed by atoms with E-state index in [1.54, 1.807) is 7.11 Å². The summed E-state index contributed by atoms with van der Waals surface area (Å²) in [5.74, 6) is 2.12. The van der Waals surface area contributed by atoms with Gasteiger partial charge in [0.1, 0.15) is 5.84 Å². The number of methoxy groups -OCH3 is 1. The molecule has 10 heteroatoms. The Morgan fingerprint density at radius 3 is 2.15 bits per heavy atom. The Labute approximate surface area is 264 Å². The number of amides is 2. The number of aliphatic hydroxyl groups is 1. The third-order valence-corrected chi connectivity index (χ3v) is 12.4. The number of β-amino-alcohol motifs (C(OH)–C–C–N with tert-alkyl or cyclic N) is 1. The molecule has 0 aromatic heterocycles. The lowest BCUT2D eigenvalue weighted by Crippen LogP contribution is -2.60. The number of carbonyl (C=O) groups excluding carboxylic acids is 1. The molecular formula is C31H52Br2N4O4. The van der Waals surface area contributed by atoms with Crippen molar-refractivity contribution < 1.29 is 19.4 Å². The molecule has 234 valence electrons. The number of halogens is 2. The van der Waals surface area contributed by atoms with E-state index in [1.807, 2.05) is 0 Å². The highest BCUT2D eigenvalue weighted by molar-refractivity contribution is 9.09. The van der Waals surface area contributed by atoms with Gasteiger partial charge in [-0.2, -0.15) is 0 Å². The third kappa shape index (κ3) is 7.52. The lowest BCUT2D eigenvalue weighted by molar-refractivity contribution is -0.0426. The van der Waals surface area contributed by atoms with Crippen molar-refractivity contribution in [1.29, 1.82) is 0 Å². The van der Waals surface area contributed by atoms with Crippen LogP contribution in [0.15, 0.2) is 4.99 Å². The maximum absolute atomic E-state index is 14.7. The van der Waals surface area contributed by atoms with Crippen LogP contribution in [0.25, 0.3) is 0 Å². The summed E-state index contributed by atoms with van der Waals surface area (Å²) in [4.78, 5) is 28.1. The van der Waals surface area contributed by atoms with Gasteiger partial charge in [-0.3, -0.25) is 14.8 Å². The van der Waals surface area contributed by atoms with E-state index < -0.39 is 0 Å². The van der Waals surface area contributed by atoms with Crippen molar-refractivity contribution in [3.63, 3.8) is 0 Å². The van der Waals surface area contributed by atoms with Gasteiger partial charge in [0.2, 0.25) is 0 Å². The summed E-state index contributed by atoms with van der Waals surface area (Å²) in [5.41, 5.74) is 0. The second-order valence-corrected chi connectivity index (χ2v) is 15.6. The molecule has 1 N–H and O–H groups in total. The maximum Gasteiger partial charge on any atom is 0.325 e. The SMILES string of the molecule is CCOC1CC(OC)CCC1C1=NC(C2CCC(Br)CC2)C(C2CCC(Br)CC2)N1C(=O)N1CCN(CCO)CC1. The van der Waals surface area contributed by atoms with E-state index in [-0.39, 0.29) is 42.8 Å². The zero-order valence-corrected chi connectivity index (χ0v) is 28.3. The monoisotopic (exact) mass is 702 g/mol. The molecule has 5 atom stereocenters. The minimum absolute atomic E-state index is 0.0186. The van der Waals surface area contributed by atoms with Gasteiger partial charge in [-0.05, 0) is 83.0 Å². The Hall–Kier alpha value is -0.260. The fourth-order valence-electron chi connectivity index (χ4n) is 8.27. The molecular weight excluding hydrogens is 652 g/mol. The van der Waals surface area contributed by atoms with Crippen LogP contribution in [0.4, 0.5) is 4.79 Å². The Balaban J connectivity index is 1.48. The molecule has 0 aromatic carbocycles. The minimum atomic E-state index is 0.0186. The number of aliphatic imine (C=N–C) groups is 1. The van der Waals surface area contributed by atoms with Crippen LogP contribution >= 0.6 is 31.9 Å². The van der Waals surface area contributed by atoms with Gasteiger partial charge >= 0.3 is 6.03 Å². The number of piperazine rings is 1. The van der Waals surface area contributed by atoms with Crippen molar-refractivity contribution in [2.45, 2.75) is 111 Å².